The van der Waals surface area contributed by atoms with Crippen LogP contribution in [0.4, 0.5) is 68.2 Å². The van der Waals surface area contributed by atoms with E-state index >= 15 is 0 Å². The minimum Gasteiger partial charge on any atom is -0.311 e. The first kappa shape index (κ1) is 45.1. The Morgan fingerprint density at radius 2 is 0.610 bits per heavy atom. The third-order valence-corrected chi connectivity index (χ3v) is 17.2. The van der Waals surface area contributed by atoms with Gasteiger partial charge in [0.15, 0.2) is 0 Å². The molecule has 0 fully saturated rings. The Labute approximate surface area is 452 Å². The largest absolute Gasteiger partial charge is 0.311 e. The molecule has 366 valence electrons. The molecule has 15 rings (SSSR count). The van der Waals surface area contributed by atoms with E-state index in [-0.39, 0.29) is 17.5 Å². The van der Waals surface area contributed by atoms with Crippen LogP contribution in [0.3, 0.4) is 0 Å². The second-order valence-corrected chi connectivity index (χ2v) is 22.1. The number of anilines is 12. The quantitative estimate of drug-likeness (QED) is 0.141. The first-order valence-electron chi connectivity index (χ1n) is 27.1. The Balaban J connectivity index is 1.04. The second-order valence-electron chi connectivity index (χ2n) is 22.1. The molecule has 0 amide bonds. The van der Waals surface area contributed by atoms with Gasteiger partial charge >= 0.3 is 0 Å². The normalized spacial score (nSPS) is 14.4. The summed E-state index contributed by atoms with van der Waals surface area (Å²) in [7, 11) is 0. The molecule has 11 aromatic rings. The molecule has 5 heteroatoms. The van der Waals surface area contributed by atoms with Crippen LogP contribution in [-0.2, 0) is 10.8 Å². The lowest BCUT2D eigenvalue weighted by molar-refractivity contribution is 0.660. The van der Waals surface area contributed by atoms with Gasteiger partial charge in [-0.3, -0.25) is 0 Å². The highest BCUT2D eigenvalue weighted by atomic mass is 15.2. The van der Waals surface area contributed by atoms with Crippen LogP contribution in [0.15, 0.2) is 261 Å². The maximum Gasteiger partial charge on any atom is 0.252 e. The number of rotatable bonds is 8. The zero-order valence-electron chi connectivity index (χ0n) is 43.7. The molecular formula is C72H55BN4. The van der Waals surface area contributed by atoms with Crippen molar-refractivity contribution < 1.29 is 0 Å². The predicted molar refractivity (Wildman–Crippen MR) is 325 cm³/mol. The van der Waals surface area contributed by atoms with Crippen LogP contribution in [0.25, 0.3) is 22.3 Å². The molecule has 4 aliphatic rings. The monoisotopic (exact) mass is 986 g/mol. The van der Waals surface area contributed by atoms with Crippen molar-refractivity contribution in [2.75, 3.05) is 19.6 Å². The van der Waals surface area contributed by atoms with Gasteiger partial charge in [-0.05, 0) is 147 Å². The van der Waals surface area contributed by atoms with Crippen LogP contribution in [-0.4, -0.2) is 6.71 Å². The summed E-state index contributed by atoms with van der Waals surface area (Å²) < 4.78 is 0. The lowest BCUT2D eigenvalue weighted by Gasteiger charge is -2.45. The summed E-state index contributed by atoms with van der Waals surface area (Å²) in [6.45, 7) is 9.45. The molecule has 0 aromatic heterocycles. The van der Waals surface area contributed by atoms with Gasteiger partial charge in [-0.25, -0.2) is 0 Å². The molecule has 0 spiro atoms. The van der Waals surface area contributed by atoms with Gasteiger partial charge in [-0.2, -0.15) is 0 Å². The molecule has 77 heavy (non-hydrogen) atoms. The van der Waals surface area contributed by atoms with Crippen molar-refractivity contribution in [1.82, 2.24) is 0 Å². The lowest BCUT2D eigenvalue weighted by Crippen LogP contribution is -2.61. The summed E-state index contributed by atoms with van der Waals surface area (Å²) in [5, 5.41) is 0. The standard InChI is InChI=1S/C72H55BN4/c1-71(2)56-34-19-17-32-54(56)68-58(71)36-21-38-62(68)76-64-40-23-41-65-70(64)73(60-44-42-52(46-66(60)76)74(48-24-9-5-10-25-48)49-26-11-6-12-27-49)61-45-43-53(75(50-28-13-7-14-29-50)51-30-15-8-16-31-51)47-67(61)77(65)63-39-22-37-59-69(63)55-33-18-20-35-57(55)72(59,3)4/h5-47H,1-4H3. The Morgan fingerprint density at radius 3 is 1.00 bits per heavy atom. The number of benzene rings is 11. The molecule has 2 heterocycles. The summed E-state index contributed by atoms with van der Waals surface area (Å²) in [6, 6.07) is 97.0. The Hall–Kier alpha value is -9.32. The summed E-state index contributed by atoms with van der Waals surface area (Å²) in [6.07, 6.45) is 0. The van der Waals surface area contributed by atoms with Crippen molar-refractivity contribution >= 4 is 91.3 Å². The fourth-order valence-electron chi connectivity index (χ4n) is 13.7. The predicted octanol–water partition coefficient (Wildman–Crippen LogP) is 17.3. The first-order chi connectivity index (χ1) is 37.8. The molecule has 0 unspecified atom stereocenters. The van der Waals surface area contributed by atoms with Gasteiger partial charge in [-0.1, -0.05) is 191 Å². The van der Waals surface area contributed by atoms with Gasteiger partial charge in [0.25, 0.3) is 6.71 Å². The number of para-hydroxylation sites is 4. The van der Waals surface area contributed by atoms with Crippen LogP contribution in [0.1, 0.15) is 49.9 Å². The zero-order chi connectivity index (χ0) is 51.6. The molecule has 2 aliphatic heterocycles. The van der Waals surface area contributed by atoms with Gasteiger partial charge in [0.1, 0.15) is 0 Å². The molecule has 0 atom stereocenters. The second kappa shape index (κ2) is 17.1. The van der Waals surface area contributed by atoms with Crippen LogP contribution < -0.4 is 36.0 Å². The van der Waals surface area contributed by atoms with Crippen molar-refractivity contribution in [3.8, 4) is 22.3 Å². The zero-order valence-corrected chi connectivity index (χ0v) is 43.7. The van der Waals surface area contributed by atoms with Gasteiger partial charge in [0.2, 0.25) is 0 Å². The number of hydrogen-bond acceptors (Lipinski definition) is 4. The number of hydrogen-bond donors (Lipinski definition) is 0. The molecule has 0 radical (unpaired) electrons. The van der Waals surface area contributed by atoms with Crippen molar-refractivity contribution in [2.24, 2.45) is 0 Å². The summed E-state index contributed by atoms with van der Waals surface area (Å²) >= 11 is 0. The van der Waals surface area contributed by atoms with E-state index in [0.717, 1.165) is 34.1 Å². The molecule has 4 nitrogen and oxygen atoms in total. The molecule has 2 aliphatic carbocycles. The average molecular weight is 987 g/mol. The fraction of sp³-hybridized carbons (Fsp3) is 0.0833. The SMILES string of the molecule is CC1(C)c2ccccc2-c2c(N3c4cc(N(c5ccccc5)c5ccccc5)ccc4B4c5ccc(N(c6ccccc6)c6ccccc6)cc5N(c5cccc6c5-c5ccccc5C6(C)C)c5cccc3c54)cccc21. The highest BCUT2D eigenvalue weighted by Gasteiger charge is 2.47. The molecule has 11 aromatic carbocycles. The summed E-state index contributed by atoms with van der Waals surface area (Å²) in [5.74, 6) is 0. The van der Waals surface area contributed by atoms with E-state index in [0.29, 0.717) is 0 Å². The fourth-order valence-corrected chi connectivity index (χ4v) is 13.7. The van der Waals surface area contributed by atoms with E-state index in [2.05, 4.69) is 308 Å². The number of nitrogens with zero attached hydrogens (tertiary/aromatic N) is 4. The smallest absolute Gasteiger partial charge is 0.252 e. The average Bonchev–Trinajstić information content (AvgIpc) is 3.93. The van der Waals surface area contributed by atoms with Gasteiger partial charge < -0.3 is 19.6 Å². The molecule has 0 N–H and O–H groups in total. The van der Waals surface area contributed by atoms with Crippen LogP contribution >= 0.6 is 0 Å². The molecule has 0 bridgehead atoms. The van der Waals surface area contributed by atoms with E-state index in [4.69, 9.17) is 0 Å². The van der Waals surface area contributed by atoms with Crippen molar-refractivity contribution in [3.63, 3.8) is 0 Å². The Bertz CT molecular complexity index is 3790. The summed E-state index contributed by atoms with van der Waals surface area (Å²) in [4.78, 5) is 10.0. The third kappa shape index (κ3) is 6.66. The van der Waals surface area contributed by atoms with Crippen molar-refractivity contribution in [2.45, 2.75) is 38.5 Å². The Morgan fingerprint density at radius 1 is 0.286 bits per heavy atom. The molecular weight excluding hydrogens is 932 g/mol. The van der Waals surface area contributed by atoms with Crippen LogP contribution in [0.2, 0.25) is 0 Å². The van der Waals surface area contributed by atoms with Crippen LogP contribution in [0, 0.1) is 0 Å². The highest BCUT2D eigenvalue weighted by Crippen LogP contribution is 2.58. The van der Waals surface area contributed by atoms with Gasteiger partial charge in [0, 0.05) is 78.8 Å². The number of fused-ring (bicyclic) bond motifs is 10. The Kier molecular flexibility index (Phi) is 10.0. The lowest BCUT2D eigenvalue weighted by atomic mass is 9.33. The highest BCUT2D eigenvalue weighted by molar-refractivity contribution is 7.00. The minimum atomic E-state index is -0.183. The van der Waals surface area contributed by atoms with Gasteiger partial charge in [-0.15, -0.1) is 0 Å². The maximum absolute atomic E-state index is 2.62. The van der Waals surface area contributed by atoms with E-state index in [1.165, 1.54) is 95.0 Å². The summed E-state index contributed by atoms with van der Waals surface area (Å²) in [5.41, 5.74) is 27.7. The van der Waals surface area contributed by atoms with E-state index < -0.39 is 0 Å². The topological polar surface area (TPSA) is 13.0 Å². The van der Waals surface area contributed by atoms with E-state index in [1.807, 2.05) is 0 Å². The third-order valence-electron chi connectivity index (χ3n) is 17.2. The maximum atomic E-state index is 2.62. The van der Waals surface area contributed by atoms with Crippen molar-refractivity contribution in [1.29, 1.82) is 0 Å². The molecule has 0 saturated heterocycles. The van der Waals surface area contributed by atoms with Crippen molar-refractivity contribution in [3.05, 3.63) is 283 Å². The molecule has 0 saturated carbocycles. The van der Waals surface area contributed by atoms with Gasteiger partial charge in [0.05, 0.1) is 11.4 Å². The van der Waals surface area contributed by atoms with E-state index in [1.54, 1.807) is 0 Å². The van der Waals surface area contributed by atoms with Crippen LogP contribution in [0.5, 0.6) is 0 Å². The van der Waals surface area contributed by atoms with E-state index in [9.17, 15) is 0 Å². The minimum absolute atomic E-state index is 0.105. The first-order valence-corrected chi connectivity index (χ1v) is 27.1.